The van der Waals surface area contributed by atoms with E-state index in [2.05, 4.69) is 15.0 Å². The highest BCUT2D eigenvalue weighted by Crippen LogP contribution is 2.29. The summed E-state index contributed by atoms with van der Waals surface area (Å²) in [6.07, 6.45) is 1.64. The van der Waals surface area contributed by atoms with Crippen LogP contribution in [0.3, 0.4) is 0 Å². The minimum atomic E-state index is -0.712. The van der Waals surface area contributed by atoms with Crippen LogP contribution in [0.2, 0.25) is 0 Å². The lowest BCUT2D eigenvalue weighted by molar-refractivity contribution is 0.581. The highest BCUT2D eigenvalue weighted by atomic mass is 19.1. The Morgan fingerprint density at radius 3 is 2.52 bits per heavy atom. The quantitative estimate of drug-likeness (QED) is 0.784. The first kappa shape index (κ1) is 16.8. The van der Waals surface area contributed by atoms with E-state index >= 15 is 0 Å². The summed E-state index contributed by atoms with van der Waals surface area (Å²) >= 11 is 0. The van der Waals surface area contributed by atoms with Crippen molar-refractivity contribution in [3.63, 3.8) is 0 Å². The van der Waals surface area contributed by atoms with Crippen molar-refractivity contribution in [2.45, 2.75) is 20.4 Å². The van der Waals surface area contributed by atoms with Gasteiger partial charge in [-0.3, -0.25) is 4.98 Å². The lowest BCUT2D eigenvalue weighted by Gasteiger charge is -2.24. The Morgan fingerprint density at radius 2 is 1.88 bits per heavy atom. The van der Waals surface area contributed by atoms with Gasteiger partial charge in [-0.25, -0.2) is 13.8 Å². The van der Waals surface area contributed by atoms with Crippen molar-refractivity contribution in [2.24, 2.45) is 0 Å². The van der Waals surface area contributed by atoms with Crippen LogP contribution in [0.1, 0.15) is 17.0 Å². The van der Waals surface area contributed by atoms with Gasteiger partial charge in [-0.1, -0.05) is 6.07 Å². The Labute approximate surface area is 144 Å². The van der Waals surface area contributed by atoms with Crippen LogP contribution in [0.15, 0.2) is 42.6 Å². The first-order valence-electron chi connectivity index (χ1n) is 7.69. The molecule has 0 aliphatic carbocycles. The van der Waals surface area contributed by atoms with Crippen molar-refractivity contribution in [1.29, 1.82) is 0 Å². The van der Waals surface area contributed by atoms with Crippen LogP contribution in [-0.2, 0) is 6.54 Å². The summed E-state index contributed by atoms with van der Waals surface area (Å²) in [4.78, 5) is 14.5. The number of rotatable bonds is 4. The van der Waals surface area contributed by atoms with Gasteiger partial charge in [0.2, 0.25) is 5.95 Å². The van der Waals surface area contributed by atoms with Crippen LogP contribution in [0.4, 0.5) is 26.2 Å². The molecule has 2 N–H and O–H groups in total. The third-order valence-electron chi connectivity index (χ3n) is 3.90. The molecule has 0 aliphatic heterocycles. The molecule has 128 valence electrons. The van der Waals surface area contributed by atoms with Gasteiger partial charge in [-0.15, -0.1) is 0 Å². The first-order valence-corrected chi connectivity index (χ1v) is 7.69. The van der Waals surface area contributed by atoms with Gasteiger partial charge < -0.3 is 10.6 Å². The molecule has 3 aromatic rings. The van der Waals surface area contributed by atoms with Gasteiger partial charge in [-0.05, 0) is 38.1 Å². The first-order chi connectivity index (χ1) is 12.0. The van der Waals surface area contributed by atoms with Gasteiger partial charge in [0.25, 0.3) is 0 Å². The Hall–Kier alpha value is -3.09. The normalized spacial score (nSPS) is 10.7. The number of benzene rings is 1. The number of halogens is 2. The third-order valence-corrected chi connectivity index (χ3v) is 3.90. The molecule has 0 radical (unpaired) electrons. The summed E-state index contributed by atoms with van der Waals surface area (Å²) in [6, 6.07) is 8.79. The summed E-state index contributed by atoms with van der Waals surface area (Å²) in [5.41, 5.74) is 8.24. The Balaban J connectivity index is 2.11. The Bertz CT molecular complexity index is 876. The topological polar surface area (TPSA) is 67.9 Å². The molecule has 0 fully saturated rings. The number of nitrogens with zero attached hydrogens (tertiary/aromatic N) is 4. The molecular weight excluding hydrogens is 324 g/mol. The maximum absolute atomic E-state index is 14.4. The van der Waals surface area contributed by atoms with Crippen LogP contribution in [0.25, 0.3) is 0 Å². The van der Waals surface area contributed by atoms with Crippen molar-refractivity contribution in [1.82, 2.24) is 15.0 Å². The molecule has 25 heavy (non-hydrogen) atoms. The van der Waals surface area contributed by atoms with Crippen LogP contribution in [0, 0.1) is 25.5 Å². The summed E-state index contributed by atoms with van der Waals surface area (Å²) in [7, 11) is 0. The molecule has 3 rings (SSSR count). The standard InChI is InChI=1S/C18H17F2N5/c1-11-12(2)23-18(24-17(11)21)25(10-14-5-3-4-8-22-14)16-7-6-13(19)9-15(16)20/h3-9H,10H2,1-2H3,(H2,21,23,24). The van der Waals surface area contributed by atoms with Crippen molar-refractivity contribution in [2.75, 3.05) is 10.6 Å². The van der Waals surface area contributed by atoms with E-state index in [-0.39, 0.29) is 18.2 Å². The molecule has 0 amide bonds. The van der Waals surface area contributed by atoms with Crippen molar-refractivity contribution in [3.8, 4) is 0 Å². The monoisotopic (exact) mass is 341 g/mol. The van der Waals surface area contributed by atoms with E-state index in [1.54, 1.807) is 25.3 Å². The molecule has 7 heteroatoms. The van der Waals surface area contributed by atoms with E-state index in [9.17, 15) is 8.78 Å². The predicted molar refractivity (Wildman–Crippen MR) is 92.4 cm³/mol. The van der Waals surface area contributed by atoms with Crippen molar-refractivity contribution >= 4 is 17.5 Å². The number of aryl methyl sites for hydroxylation is 1. The van der Waals surface area contributed by atoms with E-state index < -0.39 is 11.6 Å². The van der Waals surface area contributed by atoms with Crippen LogP contribution >= 0.6 is 0 Å². The van der Waals surface area contributed by atoms with Gasteiger partial charge in [0.05, 0.1) is 17.9 Å². The number of nitrogens with two attached hydrogens (primary N) is 1. The number of anilines is 3. The van der Waals surface area contributed by atoms with Gasteiger partial charge in [0, 0.05) is 23.5 Å². The number of hydrogen-bond donors (Lipinski definition) is 1. The minimum Gasteiger partial charge on any atom is -0.383 e. The van der Waals surface area contributed by atoms with Crippen LogP contribution in [-0.4, -0.2) is 15.0 Å². The molecular formula is C18H17F2N5. The van der Waals surface area contributed by atoms with Gasteiger partial charge in [0.15, 0.2) is 0 Å². The Kier molecular flexibility index (Phi) is 4.56. The number of aromatic nitrogens is 3. The molecule has 2 heterocycles. The molecule has 0 bridgehead atoms. The zero-order valence-corrected chi connectivity index (χ0v) is 13.9. The van der Waals surface area contributed by atoms with E-state index in [0.717, 1.165) is 11.6 Å². The fourth-order valence-corrected chi connectivity index (χ4v) is 2.37. The van der Waals surface area contributed by atoms with Crippen LogP contribution < -0.4 is 10.6 Å². The summed E-state index contributed by atoms with van der Waals surface area (Å²) in [6.45, 7) is 3.83. The average molecular weight is 341 g/mol. The maximum Gasteiger partial charge on any atom is 0.232 e. The lowest BCUT2D eigenvalue weighted by atomic mass is 10.2. The molecule has 0 saturated heterocycles. The zero-order valence-electron chi connectivity index (χ0n) is 13.9. The molecule has 0 spiro atoms. The second kappa shape index (κ2) is 6.80. The number of pyridine rings is 1. The molecule has 0 unspecified atom stereocenters. The van der Waals surface area contributed by atoms with E-state index in [4.69, 9.17) is 5.73 Å². The molecule has 2 aromatic heterocycles. The van der Waals surface area contributed by atoms with Crippen LogP contribution in [0.5, 0.6) is 0 Å². The fraction of sp³-hybridized carbons (Fsp3) is 0.167. The summed E-state index contributed by atoms with van der Waals surface area (Å²) in [5.74, 6) is -0.816. The molecule has 0 aliphatic rings. The second-order valence-electron chi connectivity index (χ2n) is 5.62. The number of nitrogen functional groups attached to an aromatic ring is 1. The minimum absolute atomic E-state index is 0.148. The molecule has 0 atom stereocenters. The highest BCUT2D eigenvalue weighted by Gasteiger charge is 2.19. The van der Waals surface area contributed by atoms with Gasteiger partial charge in [-0.2, -0.15) is 4.98 Å². The van der Waals surface area contributed by atoms with Crippen molar-refractivity contribution < 1.29 is 8.78 Å². The SMILES string of the molecule is Cc1nc(N(Cc2ccccn2)c2ccc(F)cc2F)nc(N)c1C. The third kappa shape index (κ3) is 3.55. The molecule has 0 saturated carbocycles. The van der Waals surface area contributed by atoms with Gasteiger partial charge >= 0.3 is 0 Å². The summed E-state index contributed by atoms with van der Waals surface area (Å²) < 4.78 is 27.7. The van der Waals surface area contributed by atoms with E-state index in [0.29, 0.717) is 17.2 Å². The summed E-state index contributed by atoms with van der Waals surface area (Å²) in [5, 5.41) is 0. The predicted octanol–water partition coefficient (Wildman–Crippen LogP) is 3.69. The highest BCUT2D eigenvalue weighted by molar-refractivity contribution is 5.60. The fourth-order valence-electron chi connectivity index (χ4n) is 2.37. The largest absolute Gasteiger partial charge is 0.383 e. The average Bonchev–Trinajstić information content (AvgIpc) is 2.59. The van der Waals surface area contributed by atoms with E-state index in [1.165, 1.54) is 17.0 Å². The molecule has 5 nitrogen and oxygen atoms in total. The molecule has 1 aromatic carbocycles. The number of hydrogen-bond acceptors (Lipinski definition) is 5. The zero-order chi connectivity index (χ0) is 18.0. The second-order valence-corrected chi connectivity index (χ2v) is 5.62. The lowest BCUT2D eigenvalue weighted by Crippen LogP contribution is -2.22. The van der Waals surface area contributed by atoms with E-state index in [1.807, 2.05) is 13.0 Å². The van der Waals surface area contributed by atoms with Crippen molar-refractivity contribution in [3.05, 3.63) is 71.2 Å². The Morgan fingerprint density at radius 1 is 1.08 bits per heavy atom. The smallest absolute Gasteiger partial charge is 0.232 e. The van der Waals surface area contributed by atoms with Gasteiger partial charge in [0.1, 0.15) is 17.5 Å². The maximum atomic E-state index is 14.4.